The molecule has 0 saturated heterocycles. The molecule has 2 heteroatoms. The van der Waals surface area contributed by atoms with Gasteiger partial charge in [-0.1, -0.05) is 167 Å². The Morgan fingerprint density at radius 3 is 1.70 bits per heavy atom. The molecule has 0 radical (unpaired) electrons. The lowest BCUT2D eigenvalue weighted by Crippen LogP contribution is -2.17. The minimum absolute atomic E-state index is 0.0965. The average molecular weight is 736 g/mol. The molecule has 0 aliphatic heterocycles. The summed E-state index contributed by atoms with van der Waals surface area (Å²) >= 11 is 1.88. The zero-order valence-corrected chi connectivity index (χ0v) is 32.9. The van der Waals surface area contributed by atoms with E-state index in [4.69, 9.17) is 0 Å². The number of fused-ring (bicyclic) bond motifs is 9. The molecule has 56 heavy (non-hydrogen) atoms. The van der Waals surface area contributed by atoms with Crippen molar-refractivity contribution >= 4 is 48.6 Å². The highest BCUT2D eigenvalue weighted by Crippen LogP contribution is 2.57. The van der Waals surface area contributed by atoms with E-state index in [0.717, 1.165) is 11.4 Å². The van der Waals surface area contributed by atoms with E-state index in [-0.39, 0.29) is 10.8 Å². The van der Waals surface area contributed by atoms with E-state index in [1.165, 1.54) is 92.6 Å². The summed E-state index contributed by atoms with van der Waals surface area (Å²) in [5, 5.41) is 2.63. The molecule has 8 aromatic carbocycles. The Kier molecular flexibility index (Phi) is 7.18. The highest BCUT2D eigenvalue weighted by Gasteiger charge is 2.39. The molecule has 2 aliphatic carbocycles. The van der Waals surface area contributed by atoms with Crippen LogP contribution in [0.25, 0.3) is 64.7 Å². The SMILES string of the molecule is CC1(C)c2ccccc2-c2ccc(-c3ccccc3N(c3ccccc3-c3cccc4sc5ccccc5c34)c3cccc4c3-c3ccccc3C4(C)C)cc21. The molecule has 1 aromatic heterocycles. The minimum atomic E-state index is -0.131. The number of nitrogens with zero attached hydrogens (tertiary/aromatic N) is 1. The molecule has 0 N–H and O–H groups in total. The Morgan fingerprint density at radius 2 is 0.893 bits per heavy atom. The van der Waals surface area contributed by atoms with Gasteiger partial charge in [-0.3, -0.25) is 0 Å². The van der Waals surface area contributed by atoms with Gasteiger partial charge in [0.1, 0.15) is 0 Å². The quantitative estimate of drug-likeness (QED) is 0.170. The maximum absolute atomic E-state index is 2.57. The van der Waals surface area contributed by atoms with Crippen molar-refractivity contribution in [2.24, 2.45) is 0 Å². The van der Waals surface area contributed by atoms with Crippen molar-refractivity contribution in [2.75, 3.05) is 4.90 Å². The van der Waals surface area contributed by atoms with Gasteiger partial charge >= 0.3 is 0 Å². The summed E-state index contributed by atoms with van der Waals surface area (Å²) in [5.41, 5.74) is 19.0. The first kappa shape index (κ1) is 33.1. The Hall–Kier alpha value is -6.22. The second-order valence-electron chi connectivity index (χ2n) is 16.4. The predicted octanol–water partition coefficient (Wildman–Crippen LogP) is 15.5. The smallest absolute Gasteiger partial charge is 0.0543 e. The van der Waals surface area contributed by atoms with Gasteiger partial charge in [-0.05, 0) is 86.5 Å². The summed E-state index contributed by atoms with van der Waals surface area (Å²) in [6, 6.07) is 65.8. The largest absolute Gasteiger partial charge is 0.309 e. The second-order valence-corrected chi connectivity index (χ2v) is 17.5. The van der Waals surface area contributed by atoms with Crippen molar-refractivity contribution in [1.82, 2.24) is 0 Å². The molecular formula is C54H41NS. The summed E-state index contributed by atoms with van der Waals surface area (Å²) < 4.78 is 2.62. The zero-order valence-electron chi connectivity index (χ0n) is 32.1. The van der Waals surface area contributed by atoms with Gasteiger partial charge in [0.15, 0.2) is 0 Å². The molecule has 0 atom stereocenters. The number of para-hydroxylation sites is 2. The molecule has 0 saturated carbocycles. The van der Waals surface area contributed by atoms with E-state index in [0.29, 0.717) is 0 Å². The molecule has 2 aliphatic rings. The van der Waals surface area contributed by atoms with Crippen molar-refractivity contribution < 1.29 is 0 Å². The van der Waals surface area contributed by atoms with Crippen LogP contribution in [0.4, 0.5) is 17.1 Å². The Morgan fingerprint density at radius 1 is 0.375 bits per heavy atom. The molecule has 268 valence electrons. The van der Waals surface area contributed by atoms with Crippen LogP contribution in [0.15, 0.2) is 176 Å². The normalized spacial score (nSPS) is 14.4. The van der Waals surface area contributed by atoms with Gasteiger partial charge in [0, 0.05) is 47.7 Å². The van der Waals surface area contributed by atoms with Gasteiger partial charge in [0.2, 0.25) is 0 Å². The summed E-state index contributed by atoms with van der Waals surface area (Å²) in [6.45, 7) is 9.49. The second kappa shape index (κ2) is 12.1. The van der Waals surface area contributed by atoms with Crippen molar-refractivity contribution in [3.63, 3.8) is 0 Å². The monoisotopic (exact) mass is 735 g/mol. The zero-order chi connectivity index (χ0) is 37.8. The highest BCUT2D eigenvalue weighted by molar-refractivity contribution is 7.25. The van der Waals surface area contributed by atoms with Crippen LogP contribution >= 0.6 is 11.3 Å². The van der Waals surface area contributed by atoms with Gasteiger partial charge in [0.25, 0.3) is 0 Å². The molecule has 0 bridgehead atoms. The number of benzene rings is 8. The number of rotatable bonds is 5. The van der Waals surface area contributed by atoms with Crippen molar-refractivity contribution in [1.29, 1.82) is 0 Å². The van der Waals surface area contributed by atoms with Gasteiger partial charge in [-0.2, -0.15) is 0 Å². The van der Waals surface area contributed by atoms with E-state index < -0.39 is 0 Å². The van der Waals surface area contributed by atoms with E-state index in [2.05, 4.69) is 209 Å². The lowest BCUT2D eigenvalue weighted by atomic mass is 9.81. The van der Waals surface area contributed by atoms with Crippen molar-refractivity contribution in [2.45, 2.75) is 38.5 Å². The lowest BCUT2D eigenvalue weighted by molar-refractivity contribution is 0.660. The maximum Gasteiger partial charge on any atom is 0.0543 e. The molecule has 9 aromatic rings. The summed E-state index contributed by atoms with van der Waals surface area (Å²) in [5.74, 6) is 0. The van der Waals surface area contributed by atoms with Gasteiger partial charge in [0.05, 0.1) is 17.1 Å². The van der Waals surface area contributed by atoms with E-state index >= 15 is 0 Å². The molecular weight excluding hydrogens is 695 g/mol. The predicted molar refractivity (Wildman–Crippen MR) is 240 cm³/mol. The fourth-order valence-corrected chi connectivity index (χ4v) is 11.1. The number of thiophene rings is 1. The minimum Gasteiger partial charge on any atom is -0.309 e. The first-order valence-corrected chi connectivity index (χ1v) is 20.5. The molecule has 0 spiro atoms. The average Bonchev–Trinajstić information content (AvgIpc) is 3.81. The van der Waals surface area contributed by atoms with Gasteiger partial charge in [-0.25, -0.2) is 0 Å². The third-order valence-corrected chi connectivity index (χ3v) is 13.8. The summed E-state index contributed by atoms with van der Waals surface area (Å²) in [7, 11) is 0. The topological polar surface area (TPSA) is 3.24 Å². The van der Waals surface area contributed by atoms with Crippen LogP contribution in [0.5, 0.6) is 0 Å². The fraction of sp³-hybridized carbons (Fsp3) is 0.111. The Bertz CT molecular complexity index is 3050. The molecule has 0 unspecified atom stereocenters. The molecule has 1 nitrogen and oxygen atoms in total. The van der Waals surface area contributed by atoms with Crippen LogP contribution in [0, 0.1) is 0 Å². The van der Waals surface area contributed by atoms with Crippen LogP contribution in [-0.4, -0.2) is 0 Å². The van der Waals surface area contributed by atoms with Crippen LogP contribution in [0.2, 0.25) is 0 Å². The van der Waals surface area contributed by atoms with E-state index in [1.807, 2.05) is 11.3 Å². The van der Waals surface area contributed by atoms with Crippen molar-refractivity contribution in [3.05, 3.63) is 198 Å². The maximum atomic E-state index is 2.57. The third-order valence-electron chi connectivity index (χ3n) is 12.7. The van der Waals surface area contributed by atoms with Crippen molar-refractivity contribution in [3.8, 4) is 44.5 Å². The van der Waals surface area contributed by atoms with E-state index in [1.54, 1.807) is 0 Å². The number of anilines is 3. The van der Waals surface area contributed by atoms with Crippen LogP contribution < -0.4 is 4.90 Å². The summed E-state index contributed by atoms with van der Waals surface area (Å²) in [6.07, 6.45) is 0. The van der Waals surface area contributed by atoms with Crippen LogP contribution in [0.3, 0.4) is 0 Å². The van der Waals surface area contributed by atoms with Crippen LogP contribution in [0.1, 0.15) is 49.9 Å². The van der Waals surface area contributed by atoms with E-state index in [9.17, 15) is 0 Å². The number of hydrogen-bond acceptors (Lipinski definition) is 2. The first-order chi connectivity index (χ1) is 27.3. The van der Waals surface area contributed by atoms with Crippen LogP contribution in [-0.2, 0) is 10.8 Å². The Balaban J connectivity index is 1.20. The molecule has 0 amide bonds. The third kappa shape index (κ3) is 4.66. The molecule has 11 rings (SSSR count). The lowest BCUT2D eigenvalue weighted by Gasteiger charge is -2.32. The summed E-state index contributed by atoms with van der Waals surface area (Å²) in [4.78, 5) is 2.57. The highest BCUT2D eigenvalue weighted by atomic mass is 32.1. The number of hydrogen-bond donors (Lipinski definition) is 0. The standard InChI is InChI=1S/C54H41NS/c1-53(2)43-24-11-6-20-40(43)52-44(53)25-16-28-48(52)55(47-27-13-8-19-38(47)39-22-15-30-50-51(39)41-21-9-14-29-49(41)56-50)46-26-12-7-17-35(46)34-31-32-37-36-18-5-10-23-42(36)54(3,4)45(37)33-34/h5-33H,1-4H3. The molecule has 0 fully saturated rings. The van der Waals surface area contributed by atoms with Gasteiger partial charge < -0.3 is 4.90 Å². The molecule has 1 heterocycles. The van der Waals surface area contributed by atoms with Gasteiger partial charge in [-0.15, -0.1) is 11.3 Å². The Labute approximate surface area is 333 Å². The first-order valence-electron chi connectivity index (χ1n) is 19.7. The fourth-order valence-electron chi connectivity index (χ4n) is 9.99.